The number of thioether (sulfide) groups is 1. The Morgan fingerprint density at radius 1 is 0.853 bits per heavy atom. The molecule has 0 aliphatic carbocycles. The van der Waals surface area contributed by atoms with Crippen molar-refractivity contribution in [1.29, 1.82) is 0 Å². The lowest BCUT2D eigenvalue weighted by atomic mass is 10.1. The molecule has 0 fully saturated rings. The van der Waals surface area contributed by atoms with Gasteiger partial charge in [0.05, 0.1) is 25.0 Å². The second-order valence-corrected chi connectivity index (χ2v) is 8.57. The van der Waals surface area contributed by atoms with E-state index in [9.17, 15) is 14.4 Å². The molecule has 0 aliphatic rings. The van der Waals surface area contributed by atoms with Crippen molar-refractivity contribution >= 4 is 40.9 Å². The molecule has 3 rings (SSSR count). The van der Waals surface area contributed by atoms with E-state index in [4.69, 9.17) is 14.6 Å². The van der Waals surface area contributed by atoms with Crippen molar-refractivity contribution in [3.8, 4) is 11.5 Å². The van der Waals surface area contributed by atoms with Crippen molar-refractivity contribution < 1.29 is 29.0 Å². The second kappa shape index (κ2) is 11.2. The molecule has 1 unspecified atom stereocenters. The number of ether oxygens (including phenoxy) is 2. The Hall–Kier alpha value is -3.98. The van der Waals surface area contributed by atoms with Crippen molar-refractivity contribution in [3.63, 3.8) is 0 Å². The van der Waals surface area contributed by atoms with Gasteiger partial charge in [0.15, 0.2) is 0 Å². The van der Waals surface area contributed by atoms with Crippen LogP contribution in [0.1, 0.15) is 27.6 Å². The molecule has 0 spiro atoms. The number of aromatic carboxylic acids is 1. The summed E-state index contributed by atoms with van der Waals surface area (Å²) in [7, 11) is 2.96. The van der Waals surface area contributed by atoms with E-state index in [-0.39, 0.29) is 22.9 Å². The summed E-state index contributed by atoms with van der Waals surface area (Å²) in [4.78, 5) is 37.2. The van der Waals surface area contributed by atoms with Crippen molar-refractivity contribution in [2.45, 2.75) is 17.1 Å². The standard InChI is InChI=1S/C25H24N2O6S/c1-15(23(28)26-17-12-10-16(11-13-17)25(30)31)34-19-7-4-6-18(14-19)27-24(29)22-20(32-2)8-5-9-21(22)33-3/h4-15H,1-3H3,(H,26,28)(H,27,29)(H,30,31). The van der Waals surface area contributed by atoms with Crippen LogP contribution in [0.25, 0.3) is 0 Å². The molecule has 34 heavy (non-hydrogen) atoms. The molecule has 9 heteroatoms. The zero-order valence-corrected chi connectivity index (χ0v) is 19.6. The van der Waals surface area contributed by atoms with Gasteiger partial charge in [0.2, 0.25) is 5.91 Å². The molecule has 3 aromatic rings. The van der Waals surface area contributed by atoms with Crippen LogP contribution in [0, 0.1) is 0 Å². The molecule has 0 aliphatic heterocycles. The monoisotopic (exact) mass is 480 g/mol. The average Bonchev–Trinajstić information content (AvgIpc) is 2.83. The van der Waals surface area contributed by atoms with E-state index in [1.807, 2.05) is 6.07 Å². The molecule has 0 saturated heterocycles. The number of hydrogen-bond acceptors (Lipinski definition) is 6. The zero-order chi connectivity index (χ0) is 24.7. The van der Waals surface area contributed by atoms with Gasteiger partial charge in [-0.25, -0.2) is 4.79 Å². The maximum atomic E-state index is 12.9. The van der Waals surface area contributed by atoms with Crippen LogP contribution < -0.4 is 20.1 Å². The van der Waals surface area contributed by atoms with E-state index >= 15 is 0 Å². The smallest absolute Gasteiger partial charge is 0.335 e. The van der Waals surface area contributed by atoms with Crippen LogP contribution in [0.2, 0.25) is 0 Å². The molecule has 0 saturated carbocycles. The number of carbonyl (C=O) groups excluding carboxylic acids is 2. The molecule has 0 aromatic heterocycles. The quantitative estimate of drug-likeness (QED) is 0.378. The number of benzene rings is 3. The van der Waals surface area contributed by atoms with Crippen LogP contribution in [0.4, 0.5) is 11.4 Å². The highest BCUT2D eigenvalue weighted by Gasteiger charge is 2.19. The topological polar surface area (TPSA) is 114 Å². The predicted molar refractivity (Wildman–Crippen MR) is 131 cm³/mol. The van der Waals surface area contributed by atoms with E-state index in [1.54, 1.807) is 55.5 Å². The first-order chi connectivity index (χ1) is 16.3. The summed E-state index contributed by atoms with van der Waals surface area (Å²) in [5.41, 5.74) is 1.49. The summed E-state index contributed by atoms with van der Waals surface area (Å²) in [6, 6.07) is 18.2. The largest absolute Gasteiger partial charge is 0.496 e. The Kier molecular flexibility index (Phi) is 8.15. The van der Waals surface area contributed by atoms with E-state index in [1.165, 1.54) is 38.1 Å². The zero-order valence-electron chi connectivity index (χ0n) is 18.8. The molecule has 0 radical (unpaired) electrons. The number of nitrogens with one attached hydrogen (secondary N) is 2. The molecule has 8 nitrogen and oxygen atoms in total. The van der Waals surface area contributed by atoms with Crippen LogP contribution in [-0.4, -0.2) is 42.4 Å². The number of hydrogen-bond donors (Lipinski definition) is 3. The summed E-state index contributed by atoms with van der Waals surface area (Å²) in [6.45, 7) is 1.76. The summed E-state index contributed by atoms with van der Waals surface area (Å²) in [5.74, 6) is -0.862. The van der Waals surface area contributed by atoms with Crippen molar-refractivity contribution in [2.24, 2.45) is 0 Å². The fraction of sp³-hybridized carbons (Fsp3) is 0.160. The summed E-state index contributed by atoms with van der Waals surface area (Å²) < 4.78 is 10.6. The van der Waals surface area contributed by atoms with Crippen LogP contribution in [0.5, 0.6) is 11.5 Å². The first-order valence-electron chi connectivity index (χ1n) is 10.3. The van der Waals surface area contributed by atoms with E-state index in [2.05, 4.69) is 10.6 Å². The Balaban J connectivity index is 1.67. The summed E-state index contributed by atoms with van der Waals surface area (Å²) in [6.07, 6.45) is 0. The highest BCUT2D eigenvalue weighted by molar-refractivity contribution is 8.00. The second-order valence-electron chi connectivity index (χ2n) is 7.15. The molecule has 0 heterocycles. The van der Waals surface area contributed by atoms with Gasteiger partial charge in [-0.1, -0.05) is 12.1 Å². The number of anilines is 2. The van der Waals surface area contributed by atoms with E-state index in [0.717, 1.165) is 4.90 Å². The molecule has 3 N–H and O–H groups in total. The Morgan fingerprint density at radius 2 is 1.47 bits per heavy atom. The maximum absolute atomic E-state index is 12.9. The van der Waals surface area contributed by atoms with Gasteiger partial charge in [-0.05, 0) is 61.5 Å². The van der Waals surface area contributed by atoms with Gasteiger partial charge in [-0.15, -0.1) is 11.8 Å². The predicted octanol–water partition coefficient (Wildman–Crippen LogP) is 4.77. The van der Waals surface area contributed by atoms with Gasteiger partial charge < -0.3 is 25.2 Å². The molecular formula is C25H24N2O6S. The highest BCUT2D eigenvalue weighted by atomic mass is 32.2. The lowest BCUT2D eigenvalue weighted by Crippen LogP contribution is -2.22. The Bertz CT molecular complexity index is 1170. The normalized spacial score (nSPS) is 11.3. The molecule has 0 bridgehead atoms. The Labute approximate surface area is 201 Å². The summed E-state index contributed by atoms with van der Waals surface area (Å²) in [5, 5.41) is 14.1. The van der Waals surface area contributed by atoms with Gasteiger partial charge in [-0.2, -0.15) is 0 Å². The third-order valence-electron chi connectivity index (χ3n) is 4.83. The number of rotatable bonds is 9. The van der Waals surface area contributed by atoms with Crippen LogP contribution >= 0.6 is 11.8 Å². The Morgan fingerprint density at radius 3 is 2.06 bits per heavy atom. The van der Waals surface area contributed by atoms with E-state index in [0.29, 0.717) is 22.9 Å². The van der Waals surface area contributed by atoms with Gasteiger partial charge in [0, 0.05) is 16.3 Å². The third kappa shape index (κ3) is 6.08. The fourth-order valence-corrected chi connectivity index (χ4v) is 4.04. The molecule has 2 amide bonds. The molecule has 176 valence electrons. The summed E-state index contributed by atoms with van der Waals surface area (Å²) >= 11 is 1.32. The number of carbonyl (C=O) groups is 3. The van der Waals surface area contributed by atoms with Gasteiger partial charge in [0.25, 0.3) is 5.91 Å². The minimum Gasteiger partial charge on any atom is -0.496 e. The third-order valence-corrected chi connectivity index (χ3v) is 5.92. The number of carboxylic acid groups (broad SMARTS) is 1. The minimum absolute atomic E-state index is 0.144. The lowest BCUT2D eigenvalue weighted by Gasteiger charge is -2.15. The lowest BCUT2D eigenvalue weighted by molar-refractivity contribution is -0.115. The van der Waals surface area contributed by atoms with Crippen LogP contribution in [0.15, 0.2) is 71.6 Å². The van der Waals surface area contributed by atoms with Crippen molar-refractivity contribution in [2.75, 3.05) is 24.9 Å². The molecule has 1 atom stereocenters. The molecule has 3 aromatic carbocycles. The maximum Gasteiger partial charge on any atom is 0.335 e. The highest BCUT2D eigenvalue weighted by Crippen LogP contribution is 2.30. The van der Waals surface area contributed by atoms with Crippen LogP contribution in [0.3, 0.4) is 0 Å². The van der Waals surface area contributed by atoms with Crippen LogP contribution in [-0.2, 0) is 4.79 Å². The van der Waals surface area contributed by atoms with Gasteiger partial charge >= 0.3 is 5.97 Å². The number of carboxylic acids is 1. The fourth-order valence-electron chi connectivity index (χ4n) is 3.11. The first kappa shape index (κ1) is 24.7. The van der Waals surface area contributed by atoms with Gasteiger partial charge in [0.1, 0.15) is 17.1 Å². The minimum atomic E-state index is -1.03. The molecular weight excluding hydrogens is 456 g/mol. The SMILES string of the molecule is COc1cccc(OC)c1C(=O)Nc1cccc(SC(C)C(=O)Nc2ccc(C(=O)O)cc2)c1. The van der Waals surface area contributed by atoms with Gasteiger partial charge in [-0.3, -0.25) is 9.59 Å². The number of methoxy groups -OCH3 is 2. The average molecular weight is 481 g/mol. The van der Waals surface area contributed by atoms with Crippen molar-refractivity contribution in [3.05, 3.63) is 77.9 Å². The first-order valence-corrected chi connectivity index (χ1v) is 11.1. The van der Waals surface area contributed by atoms with E-state index < -0.39 is 11.2 Å². The van der Waals surface area contributed by atoms with Crippen molar-refractivity contribution in [1.82, 2.24) is 0 Å². The number of amides is 2.